The Kier molecular flexibility index (Phi) is 3.35. The van der Waals surface area contributed by atoms with Crippen LogP contribution in [0.4, 0.5) is 5.69 Å². The minimum Gasteiger partial charge on any atom is -0.389 e. The number of aryl methyl sites for hydroxylation is 1. The number of hydrogen-bond acceptors (Lipinski definition) is 4. The fraction of sp³-hybridized carbons (Fsp3) is 0.308. The Morgan fingerprint density at radius 2 is 2.11 bits per heavy atom. The molecule has 0 saturated carbocycles. The minimum atomic E-state index is -0.738. The average molecular weight is 261 g/mol. The molecule has 0 fully saturated rings. The van der Waals surface area contributed by atoms with Gasteiger partial charge in [0.05, 0.1) is 23.0 Å². The molecule has 2 rings (SSSR count). The van der Waals surface area contributed by atoms with Gasteiger partial charge in [0.1, 0.15) is 5.69 Å². The Hall–Kier alpha value is -2.21. The van der Waals surface area contributed by atoms with Crippen LogP contribution in [0.25, 0.3) is 5.69 Å². The summed E-state index contributed by atoms with van der Waals surface area (Å²) in [6.45, 7) is 5.28. The van der Waals surface area contributed by atoms with Gasteiger partial charge in [0, 0.05) is 11.8 Å². The number of aliphatic hydroxyl groups excluding tert-OH is 1. The number of benzene rings is 1. The number of aliphatic hydroxyl groups is 1. The molecule has 1 atom stereocenters. The molecule has 0 aliphatic rings. The molecule has 0 aliphatic carbocycles. The van der Waals surface area contributed by atoms with Crippen molar-refractivity contribution in [1.82, 2.24) is 9.55 Å². The predicted molar refractivity (Wildman–Crippen MR) is 70.3 cm³/mol. The molecule has 0 amide bonds. The molecule has 0 aliphatic heterocycles. The molecule has 6 heteroatoms. The lowest BCUT2D eigenvalue weighted by Gasteiger charge is -2.09. The average Bonchev–Trinajstić information content (AvgIpc) is 2.69. The number of aromatic nitrogens is 2. The van der Waals surface area contributed by atoms with Gasteiger partial charge >= 0.3 is 0 Å². The predicted octanol–water partition coefficient (Wildman–Crippen LogP) is 2.45. The summed E-state index contributed by atoms with van der Waals surface area (Å²) >= 11 is 0. The highest BCUT2D eigenvalue weighted by Crippen LogP contribution is 2.28. The summed E-state index contributed by atoms with van der Waals surface area (Å²) in [5.74, 6) is 0. The van der Waals surface area contributed by atoms with Gasteiger partial charge in [0.2, 0.25) is 0 Å². The van der Waals surface area contributed by atoms with Gasteiger partial charge in [0.25, 0.3) is 5.69 Å². The third-order valence-electron chi connectivity index (χ3n) is 3.19. The third kappa shape index (κ3) is 2.34. The normalized spacial score (nSPS) is 12.4. The van der Waals surface area contributed by atoms with E-state index >= 15 is 0 Å². The van der Waals surface area contributed by atoms with Crippen molar-refractivity contribution < 1.29 is 10.0 Å². The maximum atomic E-state index is 11.2. The lowest BCUT2D eigenvalue weighted by molar-refractivity contribution is -0.384. The number of nitrogens with zero attached hydrogens (tertiary/aromatic N) is 3. The van der Waals surface area contributed by atoms with E-state index in [1.807, 2.05) is 13.8 Å². The monoisotopic (exact) mass is 261 g/mol. The van der Waals surface area contributed by atoms with Crippen molar-refractivity contribution in [3.05, 3.63) is 51.6 Å². The highest BCUT2D eigenvalue weighted by Gasteiger charge is 2.19. The molecule has 2 aromatic rings. The molecule has 0 bridgehead atoms. The largest absolute Gasteiger partial charge is 0.389 e. The van der Waals surface area contributed by atoms with E-state index < -0.39 is 11.0 Å². The van der Waals surface area contributed by atoms with Crippen molar-refractivity contribution in [3.8, 4) is 5.69 Å². The van der Waals surface area contributed by atoms with E-state index in [9.17, 15) is 15.2 Å². The molecule has 1 N–H and O–H groups in total. The fourth-order valence-electron chi connectivity index (χ4n) is 1.89. The first-order valence-electron chi connectivity index (χ1n) is 5.89. The molecule has 0 radical (unpaired) electrons. The van der Waals surface area contributed by atoms with Crippen LogP contribution in [0.15, 0.2) is 24.5 Å². The number of imidazole rings is 1. The van der Waals surface area contributed by atoms with Crippen LogP contribution in [-0.4, -0.2) is 19.6 Å². The quantitative estimate of drug-likeness (QED) is 0.679. The fourth-order valence-corrected chi connectivity index (χ4v) is 1.89. The van der Waals surface area contributed by atoms with Gasteiger partial charge in [-0.3, -0.25) is 14.7 Å². The zero-order valence-corrected chi connectivity index (χ0v) is 11.0. The van der Waals surface area contributed by atoms with Crippen LogP contribution in [0.3, 0.4) is 0 Å². The number of nitro benzene ring substituents is 1. The summed E-state index contributed by atoms with van der Waals surface area (Å²) < 4.78 is 1.68. The number of nitro groups is 1. The topological polar surface area (TPSA) is 81.2 Å². The van der Waals surface area contributed by atoms with Crippen molar-refractivity contribution in [2.75, 3.05) is 0 Å². The summed E-state index contributed by atoms with van der Waals surface area (Å²) in [6, 6.07) is 4.71. The van der Waals surface area contributed by atoms with Gasteiger partial charge < -0.3 is 5.11 Å². The van der Waals surface area contributed by atoms with Crippen LogP contribution in [0.2, 0.25) is 0 Å². The summed E-state index contributed by atoms with van der Waals surface area (Å²) in [5.41, 5.74) is 2.61. The van der Waals surface area contributed by atoms with Gasteiger partial charge in [-0.25, -0.2) is 4.98 Å². The molecule has 6 nitrogen and oxygen atoms in total. The highest BCUT2D eigenvalue weighted by atomic mass is 16.6. The molecule has 19 heavy (non-hydrogen) atoms. The van der Waals surface area contributed by atoms with Crippen molar-refractivity contribution in [2.45, 2.75) is 26.9 Å². The van der Waals surface area contributed by atoms with Crippen LogP contribution in [0.5, 0.6) is 0 Å². The van der Waals surface area contributed by atoms with Crippen molar-refractivity contribution in [2.24, 2.45) is 0 Å². The van der Waals surface area contributed by atoms with Gasteiger partial charge in [-0.15, -0.1) is 0 Å². The Bertz CT molecular complexity index is 632. The second-order valence-corrected chi connectivity index (χ2v) is 4.47. The maximum Gasteiger partial charge on any atom is 0.293 e. The molecule has 1 aromatic heterocycles. The second kappa shape index (κ2) is 4.81. The molecule has 100 valence electrons. The first kappa shape index (κ1) is 13.2. The van der Waals surface area contributed by atoms with E-state index in [2.05, 4.69) is 4.98 Å². The van der Waals surface area contributed by atoms with Crippen LogP contribution >= 0.6 is 0 Å². The van der Waals surface area contributed by atoms with E-state index in [1.54, 1.807) is 30.0 Å². The highest BCUT2D eigenvalue weighted by molar-refractivity contribution is 5.55. The van der Waals surface area contributed by atoms with Gasteiger partial charge in [-0.05, 0) is 32.4 Å². The number of rotatable bonds is 3. The van der Waals surface area contributed by atoms with Crippen LogP contribution in [-0.2, 0) is 0 Å². The summed E-state index contributed by atoms with van der Waals surface area (Å²) in [5, 5.41) is 20.7. The Labute approximate surface area is 110 Å². The smallest absolute Gasteiger partial charge is 0.293 e. The zero-order valence-electron chi connectivity index (χ0n) is 11.0. The van der Waals surface area contributed by atoms with Crippen molar-refractivity contribution in [3.63, 3.8) is 0 Å². The molecule has 1 aromatic carbocycles. The molecule has 0 spiro atoms. The van der Waals surface area contributed by atoms with Crippen LogP contribution < -0.4 is 0 Å². The second-order valence-electron chi connectivity index (χ2n) is 4.47. The van der Waals surface area contributed by atoms with Crippen molar-refractivity contribution >= 4 is 5.69 Å². The first-order chi connectivity index (χ1) is 8.91. The molecule has 0 saturated heterocycles. The zero-order chi connectivity index (χ0) is 14.2. The van der Waals surface area contributed by atoms with E-state index in [0.717, 1.165) is 11.4 Å². The SMILES string of the molecule is Cc1ncn(-c2ccc([C@@H](C)O)cc2[N+](=O)[O-])c1C. The summed E-state index contributed by atoms with van der Waals surface area (Å²) in [7, 11) is 0. The van der Waals surface area contributed by atoms with E-state index in [-0.39, 0.29) is 5.69 Å². The minimum absolute atomic E-state index is 0.0427. The first-order valence-corrected chi connectivity index (χ1v) is 5.89. The van der Waals surface area contributed by atoms with E-state index in [4.69, 9.17) is 0 Å². The Balaban J connectivity index is 2.63. The maximum absolute atomic E-state index is 11.2. The van der Waals surface area contributed by atoms with Crippen molar-refractivity contribution in [1.29, 1.82) is 0 Å². The van der Waals surface area contributed by atoms with Crippen LogP contribution in [0, 0.1) is 24.0 Å². The third-order valence-corrected chi connectivity index (χ3v) is 3.19. The summed E-state index contributed by atoms with van der Waals surface area (Å²) in [6.07, 6.45) is 0.827. The van der Waals surface area contributed by atoms with Gasteiger partial charge in [-0.2, -0.15) is 0 Å². The van der Waals surface area contributed by atoms with E-state index in [1.165, 1.54) is 6.07 Å². The Morgan fingerprint density at radius 1 is 1.42 bits per heavy atom. The van der Waals surface area contributed by atoms with Gasteiger partial charge in [-0.1, -0.05) is 6.07 Å². The molecule has 0 unspecified atom stereocenters. The lowest BCUT2D eigenvalue weighted by atomic mass is 10.1. The standard InChI is InChI=1S/C13H15N3O3/c1-8-9(2)15(7-14-8)12-5-4-11(10(3)17)6-13(12)16(18)19/h4-7,10,17H,1-3H3/t10-/m1/s1. The molecular formula is C13H15N3O3. The van der Waals surface area contributed by atoms with Gasteiger partial charge in [0.15, 0.2) is 0 Å². The van der Waals surface area contributed by atoms with Crippen LogP contribution in [0.1, 0.15) is 30.0 Å². The molecular weight excluding hydrogens is 246 g/mol. The lowest BCUT2D eigenvalue weighted by Crippen LogP contribution is -2.03. The number of hydrogen-bond donors (Lipinski definition) is 1. The molecule has 1 heterocycles. The van der Waals surface area contributed by atoms with E-state index in [0.29, 0.717) is 11.3 Å². The summed E-state index contributed by atoms with van der Waals surface area (Å²) in [4.78, 5) is 14.9. The Morgan fingerprint density at radius 3 is 2.58 bits per heavy atom.